The van der Waals surface area contributed by atoms with E-state index >= 15 is 0 Å². The fourth-order valence-electron chi connectivity index (χ4n) is 2.16. The minimum Gasteiger partial charge on any atom is -0.359 e. The second kappa shape index (κ2) is 4.19. The van der Waals surface area contributed by atoms with E-state index in [4.69, 9.17) is 5.73 Å². The first-order valence-corrected chi connectivity index (χ1v) is 5.55. The van der Waals surface area contributed by atoms with E-state index in [2.05, 4.69) is 29.1 Å². The lowest BCUT2D eigenvalue weighted by Gasteiger charge is -2.35. The molecule has 1 aliphatic rings. The summed E-state index contributed by atoms with van der Waals surface area (Å²) in [6.07, 6.45) is 2.33. The lowest BCUT2D eigenvalue weighted by atomic mass is 9.80. The Morgan fingerprint density at radius 2 is 2.20 bits per heavy atom. The molecule has 1 heterocycles. The average Bonchev–Trinajstić information content (AvgIpc) is 2.15. The minimum atomic E-state index is 0.439. The van der Waals surface area contributed by atoms with Crippen LogP contribution in [0, 0.1) is 12.8 Å². The van der Waals surface area contributed by atoms with Crippen LogP contribution in [-0.4, -0.2) is 24.6 Å². The topological polar surface area (TPSA) is 42.1 Å². The maximum Gasteiger partial charge on any atom is 0.128 e. The predicted octanol–water partition coefficient (Wildman–Crippen LogP) is 1.56. The van der Waals surface area contributed by atoms with Crippen LogP contribution in [-0.2, 0) is 0 Å². The zero-order valence-corrected chi connectivity index (χ0v) is 9.48. The average molecular weight is 205 g/mol. The van der Waals surface area contributed by atoms with Gasteiger partial charge in [-0.3, -0.25) is 0 Å². The van der Waals surface area contributed by atoms with Gasteiger partial charge in [-0.1, -0.05) is 6.07 Å². The number of hydrogen-bond donors (Lipinski definition) is 1. The number of hydrogen-bond acceptors (Lipinski definition) is 3. The van der Waals surface area contributed by atoms with Crippen LogP contribution in [0.3, 0.4) is 0 Å². The van der Waals surface area contributed by atoms with Crippen LogP contribution in [0.4, 0.5) is 5.82 Å². The summed E-state index contributed by atoms with van der Waals surface area (Å²) in [5, 5.41) is 0. The van der Waals surface area contributed by atoms with Crippen LogP contribution < -0.4 is 10.6 Å². The molecule has 1 saturated carbocycles. The van der Waals surface area contributed by atoms with Gasteiger partial charge in [-0.05, 0) is 37.8 Å². The van der Waals surface area contributed by atoms with E-state index < -0.39 is 0 Å². The summed E-state index contributed by atoms with van der Waals surface area (Å²) in [6, 6.07) is 6.58. The summed E-state index contributed by atoms with van der Waals surface area (Å²) < 4.78 is 0. The van der Waals surface area contributed by atoms with Crippen LogP contribution in [0.2, 0.25) is 0 Å². The number of rotatable bonds is 3. The number of aryl methyl sites for hydroxylation is 1. The second-order valence-corrected chi connectivity index (χ2v) is 4.62. The molecule has 2 rings (SSSR count). The predicted molar refractivity (Wildman–Crippen MR) is 62.9 cm³/mol. The number of nitrogens with zero attached hydrogens (tertiary/aromatic N) is 2. The monoisotopic (exact) mass is 205 g/mol. The lowest BCUT2D eigenvalue weighted by molar-refractivity contribution is 0.270. The maximum absolute atomic E-state index is 5.77. The quantitative estimate of drug-likeness (QED) is 0.814. The standard InChI is InChI=1S/C12H19N3/c1-9-4-3-5-12(14-9)15(2)8-10-6-11(13)7-10/h3-5,10-11H,6-8,13H2,1-2H3. The molecule has 82 valence electrons. The van der Waals surface area contributed by atoms with Gasteiger partial charge in [0, 0.05) is 25.3 Å². The molecule has 2 N–H and O–H groups in total. The highest BCUT2D eigenvalue weighted by Gasteiger charge is 2.26. The molecule has 0 saturated heterocycles. The molecule has 0 bridgehead atoms. The SMILES string of the molecule is Cc1cccc(N(C)CC2CC(N)C2)n1. The third-order valence-corrected chi connectivity index (χ3v) is 3.07. The fraction of sp³-hybridized carbons (Fsp3) is 0.583. The highest BCUT2D eigenvalue weighted by molar-refractivity contribution is 5.38. The molecule has 0 atom stereocenters. The number of pyridine rings is 1. The van der Waals surface area contributed by atoms with Crippen molar-refractivity contribution in [3.63, 3.8) is 0 Å². The van der Waals surface area contributed by atoms with Gasteiger partial charge in [-0.2, -0.15) is 0 Å². The first-order valence-electron chi connectivity index (χ1n) is 5.55. The van der Waals surface area contributed by atoms with Crippen LogP contribution in [0.15, 0.2) is 18.2 Å². The Balaban J connectivity index is 1.93. The molecule has 1 aromatic heterocycles. The van der Waals surface area contributed by atoms with Crippen molar-refractivity contribution >= 4 is 5.82 Å². The molecular formula is C12H19N3. The third kappa shape index (κ3) is 2.48. The van der Waals surface area contributed by atoms with E-state index in [1.807, 2.05) is 13.0 Å². The maximum atomic E-state index is 5.77. The molecule has 1 aliphatic carbocycles. The lowest BCUT2D eigenvalue weighted by Crippen LogP contribution is -2.42. The van der Waals surface area contributed by atoms with Gasteiger partial charge in [-0.25, -0.2) is 4.98 Å². The van der Waals surface area contributed by atoms with Crippen molar-refractivity contribution in [3.05, 3.63) is 23.9 Å². The van der Waals surface area contributed by atoms with Gasteiger partial charge in [-0.15, -0.1) is 0 Å². The van der Waals surface area contributed by atoms with Gasteiger partial charge in [0.15, 0.2) is 0 Å². The van der Waals surface area contributed by atoms with E-state index in [1.54, 1.807) is 0 Å². The van der Waals surface area contributed by atoms with E-state index in [0.29, 0.717) is 6.04 Å². The van der Waals surface area contributed by atoms with Crippen molar-refractivity contribution in [2.24, 2.45) is 11.7 Å². The van der Waals surface area contributed by atoms with Crippen molar-refractivity contribution in [1.29, 1.82) is 0 Å². The van der Waals surface area contributed by atoms with Gasteiger partial charge in [0.1, 0.15) is 5.82 Å². The Morgan fingerprint density at radius 1 is 1.47 bits per heavy atom. The molecule has 0 unspecified atom stereocenters. The molecular weight excluding hydrogens is 186 g/mol. The van der Waals surface area contributed by atoms with Gasteiger partial charge >= 0.3 is 0 Å². The highest BCUT2D eigenvalue weighted by Crippen LogP contribution is 2.27. The van der Waals surface area contributed by atoms with Gasteiger partial charge in [0.2, 0.25) is 0 Å². The summed E-state index contributed by atoms with van der Waals surface area (Å²) in [5.74, 6) is 1.82. The van der Waals surface area contributed by atoms with Crippen LogP contribution in [0.1, 0.15) is 18.5 Å². The summed E-state index contributed by atoms with van der Waals surface area (Å²) in [4.78, 5) is 6.72. The fourth-order valence-corrected chi connectivity index (χ4v) is 2.16. The molecule has 0 radical (unpaired) electrons. The van der Waals surface area contributed by atoms with Crippen LogP contribution >= 0.6 is 0 Å². The molecule has 15 heavy (non-hydrogen) atoms. The summed E-state index contributed by atoms with van der Waals surface area (Å²) in [6.45, 7) is 3.10. The Hall–Kier alpha value is -1.09. The molecule has 1 fully saturated rings. The number of aromatic nitrogens is 1. The summed E-state index contributed by atoms with van der Waals surface area (Å²) >= 11 is 0. The normalized spacial score (nSPS) is 24.7. The first kappa shape index (κ1) is 10.4. The first-order chi connectivity index (χ1) is 7.15. The Kier molecular flexibility index (Phi) is 2.91. The Labute approximate surface area is 91.3 Å². The smallest absolute Gasteiger partial charge is 0.128 e. The molecule has 3 heteroatoms. The van der Waals surface area contributed by atoms with Crippen LogP contribution in [0.5, 0.6) is 0 Å². The van der Waals surface area contributed by atoms with E-state index in [0.717, 1.165) is 36.8 Å². The highest BCUT2D eigenvalue weighted by atomic mass is 15.2. The third-order valence-electron chi connectivity index (χ3n) is 3.07. The molecule has 0 spiro atoms. The van der Waals surface area contributed by atoms with E-state index in [-0.39, 0.29) is 0 Å². The minimum absolute atomic E-state index is 0.439. The second-order valence-electron chi connectivity index (χ2n) is 4.62. The zero-order valence-electron chi connectivity index (χ0n) is 9.48. The van der Waals surface area contributed by atoms with Crippen molar-refractivity contribution in [1.82, 2.24) is 4.98 Å². The number of nitrogens with two attached hydrogens (primary N) is 1. The van der Waals surface area contributed by atoms with Crippen LogP contribution in [0.25, 0.3) is 0 Å². The van der Waals surface area contributed by atoms with Gasteiger partial charge < -0.3 is 10.6 Å². The van der Waals surface area contributed by atoms with E-state index in [1.165, 1.54) is 0 Å². The molecule has 0 aliphatic heterocycles. The molecule has 3 nitrogen and oxygen atoms in total. The molecule has 0 aromatic carbocycles. The molecule has 0 amide bonds. The summed E-state index contributed by atoms with van der Waals surface area (Å²) in [5.41, 5.74) is 6.85. The van der Waals surface area contributed by atoms with E-state index in [9.17, 15) is 0 Å². The van der Waals surface area contributed by atoms with Crippen molar-refractivity contribution in [3.8, 4) is 0 Å². The van der Waals surface area contributed by atoms with Crippen molar-refractivity contribution < 1.29 is 0 Å². The number of anilines is 1. The van der Waals surface area contributed by atoms with Gasteiger partial charge in [0.05, 0.1) is 0 Å². The Bertz CT molecular complexity index is 331. The zero-order chi connectivity index (χ0) is 10.8. The van der Waals surface area contributed by atoms with Crippen molar-refractivity contribution in [2.75, 3.05) is 18.5 Å². The Morgan fingerprint density at radius 3 is 2.80 bits per heavy atom. The largest absolute Gasteiger partial charge is 0.359 e. The molecule has 1 aromatic rings. The van der Waals surface area contributed by atoms with Gasteiger partial charge in [0.25, 0.3) is 0 Å². The van der Waals surface area contributed by atoms with Crippen molar-refractivity contribution in [2.45, 2.75) is 25.8 Å². The summed E-state index contributed by atoms with van der Waals surface area (Å²) in [7, 11) is 2.10.